The lowest BCUT2D eigenvalue weighted by molar-refractivity contribution is 0.0604. The second kappa shape index (κ2) is 7.13. The Morgan fingerprint density at radius 2 is 2.20 bits per heavy atom. The number of fused-ring (bicyclic) bond motifs is 1. The van der Waals surface area contributed by atoms with E-state index in [0.29, 0.717) is 25.1 Å². The number of piperidine rings is 1. The number of benzene rings is 1. The number of aromatic amines is 1. The molecule has 2 N–H and O–H groups in total. The van der Waals surface area contributed by atoms with Crippen LogP contribution in [0.25, 0.3) is 11.0 Å². The summed E-state index contributed by atoms with van der Waals surface area (Å²) in [6.07, 6.45) is 4.73. The Hall–Kier alpha value is -1.93. The van der Waals surface area contributed by atoms with Crippen LogP contribution in [0.5, 0.6) is 0 Å². The van der Waals surface area contributed by atoms with Crippen LogP contribution in [0, 0.1) is 6.92 Å². The van der Waals surface area contributed by atoms with E-state index in [9.17, 15) is 13.2 Å². The maximum atomic E-state index is 13.0. The van der Waals surface area contributed by atoms with Gasteiger partial charge in [0.05, 0.1) is 17.3 Å². The molecule has 0 unspecified atom stereocenters. The molecule has 3 rings (SSSR count). The third kappa shape index (κ3) is 4.38. The smallest absolute Gasteiger partial charge is 0.254 e. The lowest BCUT2D eigenvalue weighted by atomic mass is 9.98. The van der Waals surface area contributed by atoms with Gasteiger partial charge in [-0.15, -0.1) is 0 Å². The van der Waals surface area contributed by atoms with Crippen LogP contribution in [0.2, 0.25) is 0 Å². The second-order valence-electron chi connectivity index (χ2n) is 6.66. The minimum atomic E-state index is -3.20. The van der Waals surface area contributed by atoms with E-state index in [1.54, 1.807) is 0 Å². The van der Waals surface area contributed by atoms with Gasteiger partial charge in [0.1, 0.15) is 5.82 Å². The lowest BCUT2D eigenvalue weighted by Gasteiger charge is -2.36. The summed E-state index contributed by atoms with van der Waals surface area (Å²) in [5.41, 5.74) is 2.34. The first-order valence-corrected chi connectivity index (χ1v) is 10.4. The number of sulfonamides is 1. The molecule has 136 valence electrons. The van der Waals surface area contributed by atoms with Gasteiger partial charge in [0, 0.05) is 24.7 Å². The zero-order valence-electron chi connectivity index (χ0n) is 14.6. The van der Waals surface area contributed by atoms with Crippen LogP contribution in [0.4, 0.5) is 0 Å². The second-order valence-corrected chi connectivity index (χ2v) is 8.49. The molecule has 0 spiro atoms. The summed E-state index contributed by atoms with van der Waals surface area (Å²) in [5, 5.41) is 0. The van der Waals surface area contributed by atoms with E-state index in [1.807, 2.05) is 30.0 Å². The molecule has 8 heteroatoms. The number of hydrogen-bond donors (Lipinski definition) is 2. The van der Waals surface area contributed by atoms with E-state index < -0.39 is 10.0 Å². The molecule has 2 aromatic rings. The maximum absolute atomic E-state index is 13.0. The highest BCUT2D eigenvalue weighted by molar-refractivity contribution is 7.88. The first-order chi connectivity index (χ1) is 11.8. The van der Waals surface area contributed by atoms with E-state index >= 15 is 0 Å². The molecular formula is C17H24N4O3S. The van der Waals surface area contributed by atoms with Crippen molar-refractivity contribution in [3.63, 3.8) is 0 Å². The summed E-state index contributed by atoms with van der Waals surface area (Å²) in [6.45, 7) is 2.95. The van der Waals surface area contributed by atoms with Gasteiger partial charge < -0.3 is 9.88 Å². The van der Waals surface area contributed by atoms with Gasteiger partial charge in [-0.1, -0.05) is 0 Å². The van der Waals surface area contributed by atoms with Gasteiger partial charge in [-0.2, -0.15) is 0 Å². The van der Waals surface area contributed by atoms with Gasteiger partial charge in [-0.05, 0) is 50.8 Å². The van der Waals surface area contributed by atoms with Crippen LogP contribution < -0.4 is 4.72 Å². The summed E-state index contributed by atoms with van der Waals surface area (Å²) in [4.78, 5) is 22.4. The molecular weight excluding hydrogens is 340 g/mol. The average molecular weight is 364 g/mol. The zero-order valence-corrected chi connectivity index (χ0v) is 15.4. The van der Waals surface area contributed by atoms with Crippen LogP contribution in [0.3, 0.4) is 0 Å². The highest BCUT2D eigenvalue weighted by atomic mass is 32.2. The van der Waals surface area contributed by atoms with Gasteiger partial charge in [0.25, 0.3) is 5.91 Å². The van der Waals surface area contributed by atoms with E-state index in [4.69, 9.17) is 0 Å². The fourth-order valence-electron chi connectivity index (χ4n) is 3.42. The molecule has 25 heavy (non-hydrogen) atoms. The first kappa shape index (κ1) is 17.9. The fourth-order valence-corrected chi connectivity index (χ4v) is 3.90. The number of carbonyl (C=O) groups is 1. The summed E-state index contributed by atoms with van der Waals surface area (Å²) in [7, 11) is -3.20. The van der Waals surface area contributed by atoms with Crippen LogP contribution >= 0.6 is 0 Å². The Morgan fingerprint density at radius 3 is 2.96 bits per heavy atom. The van der Waals surface area contributed by atoms with Gasteiger partial charge >= 0.3 is 0 Å². The third-order valence-corrected chi connectivity index (χ3v) is 5.31. The topological polar surface area (TPSA) is 95.2 Å². The molecule has 7 nitrogen and oxygen atoms in total. The number of nitrogens with zero attached hydrogens (tertiary/aromatic N) is 2. The van der Waals surface area contributed by atoms with Gasteiger partial charge in [-0.3, -0.25) is 4.79 Å². The van der Waals surface area contributed by atoms with Gasteiger partial charge in [-0.25, -0.2) is 18.1 Å². The number of aryl methyl sites for hydroxylation is 1. The highest BCUT2D eigenvalue weighted by Gasteiger charge is 2.27. The molecule has 0 bridgehead atoms. The number of amides is 1. The van der Waals surface area contributed by atoms with E-state index in [2.05, 4.69) is 14.7 Å². The molecule has 1 fully saturated rings. The zero-order chi connectivity index (χ0) is 18.0. The molecule has 1 atom stereocenters. The number of imidazole rings is 1. The average Bonchev–Trinajstić information content (AvgIpc) is 2.92. The van der Waals surface area contributed by atoms with Crippen molar-refractivity contribution >= 4 is 27.0 Å². The number of carbonyl (C=O) groups excluding carboxylic acids is 1. The van der Waals surface area contributed by atoms with Crippen LogP contribution in [0.1, 0.15) is 41.9 Å². The molecule has 1 aromatic carbocycles. The lowest BCUT2D eigenvalue weighted by Crippen LogP contribution is -2.45. The minimum Gasteiger partial charge on any atom is -0.342 e. The number of H-pyrrole nitrogens is 1. The van der Waals surface area contributed by atoms with Crippen molar-refractivity contribution in [2.75, 3.05) is 19.3 Å². The quantitative estimate of drug-likeness (QED) is 0.846. The molecule has 0 saturated carbocycles. The molecule has 0 radical (unpaired) electrons. The minimum absolute atomic E-state index is 0.00166. The molecule has 1 aromatic heterocycles. The molecule has 0 aliphatic carbocycles. The number of hydrogen-bond acceptors (Lipinski definition) is 4. The summed E-state index contributed by atoms with van der Waals surface area (Å²) < 4.78 is 25.0. The largest absolute Gasteiger partial charge is 0.342 e. The Morgan fingerprint density at radius 1 is 1.40 bits per heavy atom. The molecule has 1 aliphatic rings. The number of rotatable bonds is 5. The van der Waals surface area contributed by atoms with Crippen molar-refractivity contribution in [2.24, 2.45) is 0 Å². The third-order valence-electron chi connectivity index (χ3n) is 4.58. The van der Waals surface area contributed by atoms with Crippen molar-refractivity contribution in [2.45, 2.75) is 38.6 Å². The summed E-state index contributed by atoms with van der Waals surface area (Å²) >= 11 is 0. The molecule has 1 aliphatic heterocycles. The number of aromatic nitrogens is 2. The molecule has 1 amide bonds. The van der Waals surface area contributed by atoms with Crippen molar-refractivity contribution in [1.82, 2.24) is 19.6 Å². The molecule has 2 heterocycles. The van der Waals surface area contributed by atoms with Crippen molar-refractivity contribution < 1.29 is 13.2 Å². The predicted molar refractivity (Wildman–Crippen MR) is 97.0 cm³/mol. The van der Waals surface area contributed by atoms with Crippen LogP contribution in [0.15, 0.2) is 18.2 Å². The number of nitrogens with one attached hydrogen (secondary N) is 2. The van der Waals surface area contributed by atoms with Gasteiger partial charge in [0.2, 0.25) is 10.0 Å². The van der Waals surface area contributed by atoms with Gasteiger partial charge in [0.15, 0.2) is 0 Å². The van der Waals surface area contributed by atoms with E-state index in [1.165, 1.54) is 0 Å². The highest BCUT2D eigenvalue weighted by Crippen LogP contribution is 2.23. The normalized spacial score (nSPS) is 18.6. The first-order valence-electron chi connectivity index (χ1n) is 8.55. The van der Waals surface area contributed by atoms with Crippen molar-refractivity contribution in [3.8, 4) is 0 Å². The monoisotopic (exact) mass is 364 g/mol. The van der Waals surface area contributed by atoms with Crippen molar-refractivity contribution in [1.29, 1.82) is 0 Å². The summed E-state index contributed by atoms with van der Waals surface area (Å²) in [6, 6.07) is 5.58. The van der Waals surface area contributed by atoms with Crippen LogP contribution in [-0.2, 0) is 10.0 Å². The van der Waals surface area contributed by atoms with Crippen molar-refractivity contribution in [3.05, 3.63) is 29.6 Å². The Kier molecular flexibility index (Phi) is 5.10. The standard InChI is InChI=1S/C17H24N4O3S/c1-12-19-15-7-6-13(11-16(15)20-12)17(22)21-10-4-3-5-14(21)8-9-18-25(2,23)24/h6-7,11,14,18H,3-5,8-10H2,1-2H3,(H,19,20)/t14-/m1/s1. The SMILES string of the molecule is Cc1nc2ccc(C(=O)N3CCCC[C@@H]3CCNS(C)(=O)=O)cc2[nH]1. The van der Waals surface area contributed by atoms with Crippen LogP contribution in [-0.4, -0.2) is 54.6 Å². The summed E-state index contributed by atoms with van der Waals surface area (Å²) in [5.74, 6) is 0.820. The Labute approximate surface area is 147 Å². The predicted octanol–water partition coefficient (Wildman–Crippen LogP) is 1.81. The number of likely N-dealkylation sites (tertiary alicyclic amines) is 1. The maximum Gasteiger partial charge on any atom is 0.254 e. The van der Waals surface area contributed by atoms with E-state index in [-0.39, 0.29) is 11.9 Å². The molecule has 1 saturated heterocycles. The Bertz CT molecular complexity index is 875. The Balaban J connectivity index is 1.74. The van der Waals surface area contributed by atoms with E-state index in [0.717, 1.165) is 42.4 Å². The fraction of sp³-hybridized carbons (Fsp3) is 0.529.